The molecular weight excluding hydrogens is 578 g/mol. The molecule has 2 N–H and O–H groups in total. The second-order valence-corrected chi connectivity index (χ2v) is 18.6. The molecule has 0 saturated carbocycles. The monoisotopic (exact) mass is 612 g/mol. The quantitative estimate of drug-likeness (QED) is 0.269. The molecule has 0 amide bonds. The van der Waals surface area contributed by atoms with Gasteiger partial charge in [-0.1, -0.05) is 0 Å². The van der Waals surface area contributed by atoms with Crippen molar-refractivity contribution in [2.45, 2.75) is 73.0 Å². The molecule has 2 rings (SSSR count). The summed E-state index contributed by atoms with van der Waals surface area (Å²) >= 11 is 0.540. The van der Waals surface area contributed by atoms with Crippen molar-refractivity contribution in [1.82, 2.24) is 9.44 Å². The average molecular weight is 611 g/mol. The summed E-state index contributed by atoms with van der Waals surface area (Å²) in [6, 6.07) is 13.5. The number of benzene rings is 2. The summed E-state index contributed by atoms with van der Waals surface area (Å²) in [6.45, 7) is 7.81. The minimum atomic E-state index is -3.53. The van der Waals surface area contributed by atoms with E-state index < -0.39 is 20.0 Å². The van der Waals surface area contributed by atoms with Crippen LogP contribution in [0, 0.1) is 13.8 Å². The third-order valence-electron chi connectivity index (χ3n) is 4.91. The van der Waals surface area contributed by atoms with Gasteiger partial charge in [-0.25, -0.2) is 0 Å². The van der Waals surface area contributed by atoms with Gasteiger partial charge < -0.3 is 0 Å². The Kier molecular flexibility index (Phi) is 10.9. The van der Waals surface area contributed by atoms with Gasteiger partial charge in [0.05, 0.1) is 0 Å². The van der Waals surface area contributed by atoms with Crippen LogP contribution in [0.1, 0.15) is 37.8 Å². The SMILES string of the molecule is CC[C@@H](C[Se][Se]C[C@H](CC)NS(=O)(=O)c1ccc(C)cc1)NS(=O)(=O)c1ccc(C)cc1. The van der Waals surface area contributed by atoms with E-state index in [9.17, 15) is 16.8 Å². The summed E-state index contributed by atoms with van der Waals surface area (Å²) < 4.78 is 56.2. The summed E-state index contributed by atoms with van der Waals surface area (Å²) in [4.78, 5) is 0.576. The Morgan fingerprint density at radius 1 is 0.656 bits per heavy atom. The van der Waals surface area contributed by atoms with Crippen LogP contribution in [0.4, 0.5) is 0 Å². The van der Waals surface area contributed by atoms with Crippen LogP contribution in [0.25, 0.3) is 0 Å². The van der Waals surface area contributed by atoms with Crippen molar-refractivity contribution in [2.75, 3.05) is 0 Å². The number of rotatable bonds is 13. The van der Waals surface area contributed by atoms with Crippen molar-refractivity contribution in [2.24, 2.45) is 0 Å². The molecule has 2 aromatic rings. The second kappa shape index (κ2) is 12.7. The van der Waals surface area contributed by atoms with Gasteiger partial charge in [0, 0.05) is 0 Å². The molecule has 0 aliphatic heterocycles. The molecule has 6 nitrogen and oxygen atoms in total. The van der Waals surface area contributed by atoms with Crippen LogP contribution in [-0.2, 0) is 20.0 Å². The Bertz CT molecular complexity index is 971. The van der Waals surface area contributed by atoms with Crippen LogP contribution in [0.3, 0.4) is 0 Å². The van der Waals surface area contributed by atoms with E-state index in [4.69, 9.17) is 0 Å². The summed E-state index contributed by atoms with van der Waals surface area (Å²) in [7, 11) is -7.06. The molecule has 178 valence electrons. The number of sulfonamides is 2. The Morgan fingerprint density at radius 3 is 1.25 bits per heavy atom. The summed E-state index contributed by atoms with van der Waals surface area (Å²) in [5, 5.41) is 1.60. The fourth-order valence-electron chi connectivity index (χ4n) is 2.74. The van der Waals surface area contributed by atoms with Crippen LogP contribution in [-0.4, -0.2) is 55.2 Å². The first-order valence-corrected chi connectivity index (χ1v) is 20.2. The zero-order valence-corrected chi connectivity index (χ0v) is 23.9. The van der Waals surface area contributed by atoms with E-state index in [1.54, 1.807) is 48.5 Å². The summed E-state index contributed by atoms with van der Waals surface area (Å²) in [5.74, 6) is 0. The van der Waals surface area contributed by atoms with E-state index in [2.05, 4.69) is 9.44 Å². The van der Waals surface area contributed by atoms with E-state index in [0.717, 1.165) is 34.6 Å². The normalized spacial score (nSPS) is 14.2. The first-order valence-electron chi connectivity index (χ1n) is 10.5. The molecule has 32 heavy (non-hydrogen) atoms. The van der Waals surface area contributed by atoms with Crippen molar-refractivity contribution >= 4 is 46.3 Å². The predicted octanol–water partition coefficient (Wildman–Crippen LogP) is 3.28. The molecule has 10 heteroatoms. The molecule has 0 saturated heterocycles. The third kappa shape index (κ3) is 8.58. The van der Waals surface area contributed by atoms with Gasteiger partial charge in [-0.2, -0.15) is 0 Å². The Balaban J connectivity index is 1.85. The summed E-state index contributed by atoms with van der Waals surface area (Å²) in [6.07, 6.45) is 1.44. The first-order chi connectivity index (χ1) is 15.1. The molecule has 0 fully saturated rings. The molecule has 0 unspecified atom stereocenters. The molecule has 0 aliphatic carbocycles. The predicted molar refractivity (Wildman–Crippen MR) is 132 cm³/mol. The van der Waals surface area contributed by atoms with Gasteiger partial charge >= 0.3 is 205 Å². The van der Waals surface area contributed by atoms with Gasteiger partial charge in [-0.15, -0.1) is 0 Å². The van der Waals surface area contributed by atoms with Crippen LogP contribution in [0.5, 0.6) is 0 Å². The van der Waals surface area contributed by atoms with Gasteiger partial charge in [-0.05, 0) is 0 Å². The molecule has 0 bridgehead atoms. The molecular formula is C22H32N2O4S2Se2. The van der Waals surface area contributed by atoms with Gasteiger partial charge in [0.25, 0.3) is 0 Å². The van der Waals surface area contributed by atoms with E-state index in [0.29, 0.717) is 0 Å². The van der Waals surface area contributed by atoms with Crippen molar-refractivity contribution in [1.29, 1.82) is 0 Å². The van der Waals surface area contributed by atoms with Gasteiger partial charge in [0.2, 0.25) is 0 Å². The molecule has 0 aliphatic rings. The van der Waals surface area contributed by atoms with Gasteiger partial charge in [0.15, 0.2) is 0 Å². The van der Waals surface area contributed by atoms with Crippen molar-refractivity contribution < 1.29 is 16.8 Å². The van der Waals surface area contributed by atoms with E-state index in [1.165, 1.54) is 0 Å². The average Bonchev–Trinajstić information content (AvgIpc) is 2.75. The first kappa shape index (κ1) is 27.5. The molecule has 0 spiro atoms. The zero-order valence-electron chi connectivity index (χ0n) is 18.9. The standard InChI is InChI=1S/C22H32N2O4S2Se2/c1-5-19(23-29(25,26)21-11-7-17(3)8-12-21)15-31-32-16-20(6-2)24-30(27,28)22-13-9-18(4)10-14-22/h7-14,19-20,23-24H,5-6,15-16H2,1-4H3/t19-,20-/m0/s1. The summed E-state index contributed by atoms with van der Waals surface area (Å²) in [5.41, 5.74) is 2.04. The van der Waals surface area contributed by atoms with E-state index >= 15 is 0 Å². The Labute approximate surface area is 204 Å². The van der Waals surface area contributed by atoms with Crippen molar-refractivity contribution in [3.05, 3.63) is 59.7 Å². The van der Waals surface area contributed by atoms with Crippen LogP contribution >= 0.6 is 0 Å². The molecule has 0 radical (unpaired) electrons. The Morgan fingerprint density at radius 2 is 0.969 bits per heavy atom. The zero-order chi connectivity index (χ0) is 23.8. The Hall–Kier alpha value is -0.701. The number of aryl methyl sites for hydroxylation is 2. The van der Waals surface area contributed by atoms with Crippen LogP contribution < -0.4 is 9.44 Å². The molecule has 2 atom stereocenters. The molecule has 2 aromatic carbocycles. The topological polar surface area (TPSA) is 92.3 Å². The van der Waals surface area contributed by atoms with E-state index in [1.807, 2.05) is 27.7 Å². The number of hydrogen-bond donors (Lipinski definition) is 2. The maximum absolute atomic E-state index is 12.6. The van der Waals surface area contributed by atoms with Crippen molar-refractivity contribution in [3.8, 4) is 0 Å². The minimum absolute atomic E-state index is 0.104. The fourth-order valence-corrected chi connectivity index (χ4v) is 14.0. The fraction of sp³-hybridized carbons (Fsp3) is 0.455. The molecule has 0 aromatic heterocycles. The second-order valence-electron chi connectivity index (χ2n) is 7.65. The number of nitrogens with one attached hydrogen (secondary N) is 2. The van der Waals surface area contributed by atoms with Crippen molar-refractivity contribution in [3.63, 3.8) is 0 Å². The van der Waals surface area contributed by atoms with Crippen LogP contribution in [0.2, 0.25) is 10.6 Å². The number of hydrogen-bond acceptors (Lipinski definition) is 4. The van der Waals surface area contributed by atoms with Gasteiger partial charge in [0.1, 0.15) is 0 Å². The third-order valence-corrected chi connectivity index (χ3v) is 15.4. The van der Waals surface area contributed by atoms with E-state index in [-0.39, 0.29) is 48.1 Å². The van der Waals surface area contributed by atoms with Crippen LogP contribution in [0.15, 0.2) is 58.3 Å². The van der Waals surface area contributed by atoms with Gasteiger partial charge in [-0.3, -0.25) is 0 Å². The maximum atomic E-state index is 12.6. The molecule has 0 heterocycles.